The summed E-state index contributed by atoms with van der Waals surface area (Å²) in [6.07, 6.45) is 0. The minimum absolute atomic E-state index is 0.0151. The number of benzene rings is 3. The summed E-state index contributed by atoms with van der Waals surface area (Å²) in [6, 6.07) is 20.9. The highest BCUT2D eigenvalue weighted by atomic mass is 32.1. The molecule has 1 heterocycles. The summed E-state index contributed by atoms with van der Waals surface area (Å²) in [7, 11) is 0. The third-order valence-electron chi connectivity index (χ3n) is 4.93. The van der Waals surface area contributed by atoms with Gasteiger partial charge in [0.15, 0.2) is 5.13 Å². The summed E-state index contributed by atoms with van der Waals surface area (Å²) < 4.78 is 5.48. The van der Waals surface area contributed by atoms with Gasteiger partial charge in [-0.25, -0.2) is 4.98 Å². The van der Waals surface area contributed by atoms with E-state index in [1.807, 2.05) is 43.5 Å². The number of nitrogens with zero attached hydrogens (tertiary/aromatic N) is 3. The van der Waals surface area contributed by atoms with Crippen molar-refractivity contribution in [3.63, 3.8) is 0 Å². The molecule has 1 amide bonds. The number of thiazole rings is 1. The van der Waals surface area contributed by atoms with Gasteiger partial charge in [0.05, 0.1) is 22.9 Å². The maximum Gasteiger partial charge on any atom is 0.269 e. The van der Waals surface area contributed by atoms with Crippen molar-refractivity contribution in [2.45, 2.75) is 13.8 Å². The number of aryl methyl sites for hydroxylation is 1. The molecule has 0 aliphatic rings. The zero-order valence-corrected chi connectivity index (χ0v) is 18.9. The molecule has 0 aliphatic carbocycles. The Balaban J connectivity index is 1.71. The normalized spacial score (nSPS) is 10.6. The highest BCUT2D eigenvalue weighted by molar-refractivity contribution is 7.14. The summed E-state index contributed by atoms with van der Waals surface area (Å²) in [5.41, 5.74) is 3.62. The van der Waals surface area contributed by atoms with Crippen molar-refractivity contribution in [2.75, 3.05) is 11.5 Å². The first-order valence-corrected chi connectivity index (χ1v) is 11.2. The van der Waals surface area contributed by atoms with E-state index in [1.54, 1.807) is 41.3 Å². The number of carbonyl (C=O) groups is 1. The molecule has 0 saturated heterocycles. The van der Waals surface area contributed by atoms with Gasteiger partial charge in [0.2, 0.25) is 0 Å². The van der Waals surface area contributed by atoms with Crippen molar-refractivity contribution in [3.8, 4) is 17.0 Å². The smallest absolute Gasteiger partial charge is 0.269 e. The molecule has 0 radical (unpaired) electrons. The summed E-state index contributed by atoms with van der Waals surface area (Å²) in [5, 5.41) is 13.3. The summed E-state index contributed by atoms with van der Waals surface area (Å²) in [4.78, 5) is 30.3. The Morgan fingerprint density at radius 1 is 1.09 bits per heavy atom. The van der Waals surface area contributed by atoms with E-state index in [2.05, 4.69) is 4.98 Å². The van der Waals surface area contributed by atoms with Gasteiger partial charge in [-0.15, -0.1) is 11.3 Å². The predicted octanol–water partition coefficient (Wildman–Crippen LogP) is 6.40. The van der Waals surface area contributed by atoms with E-state index in [-0.39, 0.29) is 11.6 Å². The first-order chi connectivity index (χ1) is 16.0. The van der Waals surface area contributed by atoms with Gasteiger partial charge < -0.3 is 4.74 Å². The molecule has 4 aromatic rings. The van der Waals surface area contributed by atoms with Crippen molar-refractivity contribution in [1.29, 1.82) is 0 Å². The number of carbonyl (C=O) groups excluding carboxylic acids is 1. The van der Waals surface area contributed by atoms with Crippen LogP contribution in [-0.2, 0) is 0 Å². The van der Waals surface area contributed by atoms with E-state index in [4.69, 9.17) is 4.74 Å². The average Bonchev–Trinajstić information content (AvgIpc) is 3.30. The number of nitro groups is 1. The van der Waals surface area contributed by atoms with Crippen LogP contribution in [0.5, 0.6) is 5.75 Å². The maximum absolute atomic E-state index is 13.6. The quantitative estimate of drug-likeness (QED) is 0.236. The molecule has 0 spiro atoms. The van der Waals surface area contributed by atoms with E-state index in [0.29, 0.717) is 34.4 Å². The standard InChI is InChI=1S/C25H21N3O4S/c1-3-32-22-13-9-19(10-14-22)24(29)27(21-6-4-5-17(2)15-21)25-26-23(16-33-25)18-7-11-20(12-8-18)28(30)31/h4-16H,3H2,1-2H3. The lowest BCUT2D eigenvalue weighted by Crippen LogP contribution is -2.26. The Bertz CT molecular complexity index is 1280. The van der Waals surface area contributed by atoms with Gasteiger partial charge in [0.1, 0.15) is 5.75 Å². The number of anilines is 2. The third-order valence-corrected chi connectivity index (χ3v) is 5.76. The number of rotatable bonds is 7. The Labute approximate surface area is 195 Å². The molecule has 8 heteroatoms. The van der Waals surface area contributed by atoms with Crippen molar-refractivity contribution >= 4 is 33.8 Å². The number of hydrogen-bond donors (Lipinski definition) is 0. The van der Waals surface area contributed by atoms with Crippen LogP contribution in [0.1, 0.15) is 22.8 Å². The molecule has 0 atom stereocenters. The van der Waals surface area contributed by atoms with Gasteiger partial charge in [0.25, 0.3) is 11.6 Å². The lowest BCUT2D eigenvalue weighted by Gasteiger charge is -2.21. The van der Waals surface area contributed by atoms with Crippen LogP contribution in [0.4, 0.5) is 16.5 Å². The maximum atomic E-state index is 13.6. The van der Waals surface area contributed by atoms with Gasteiger partial charge in [-0.05, 0) is 67.9 Å². The van der Waals surface area contributed by atoms with E-state index in [9.17, 15) is 14.9 Å². The minimum atomic E-state index is -0.439. The molecule has 0 aliphatic heterocycles. The molecule has 4 rings (SSSR count). The molecule has 3 aromatic carbocycles. The molecule has 0 fully saturated rings. The van der Waals surface area contributed by atoms with Gasteiger partial charge in [-0.3, -0.25) is 19.8 Å². The van der Waals surface area contributed by atoms with Gasteiger partial charge >= 0.3 is 0 Å². The van der Waals surface area contributed by atoms with Crippen LogP contribution < -0.4 is 9.64 Å². The predicted molar refractivity (Wildman–Crippen MR) is 129 cm³/mol. The topological polar surface area (TPSA) is 85.6 Å². The average molecular weight is 460 g/mol. The molecular weight excluding hydrogens is 438 g/mol. The summed E-state index contributed by atoms with van der Waals surface area (Å²) in [5.74, 6) is 0.485. The van der Waals surface area contributed by atoms with E-state index < -0.39 is 4.92 Å². The first kappa shape index (κ1) is 22.2. The number of amides is 1. The minimum Gasteiger partial charge on any atom is -0.494 e. The van der Waals surface area contributed by atoms with Crippen molar-refractivity contribution in [2.24, 2.45) is 0 Å². The Morgan fingerprint density at radius 3 is 2.45 bits per heavy atom. The fourth-order valence-electron chi connectivity index (χ4n) is 3.32. The number of ether oxygens (including phenoxy) is 1. The van der Waals surface area contributed by atoms with E-state index in [0.717, 1.165) is 11.1 Å². The fourth-order valence-corrected chi connectivity index (χ4v) is 4.18. The summed E-state index contributed by atoms with van der Waals surface area (Å²) in [6.45, 7) is 4.42. The molecule has 1 aromatic heterocycles. The monoisotopic (exact) mass is 459 g/mol. The van der Waals surface area contributed by atoms with Crippen LogP contribution in [-0.4, -0.2) is 22.4 Å². The van der Waals surface area contributed by atoms with Gasteiger partial charge in [0, 0.05) is 28.6 Å². The number of aromatic nitrogens is 1. The van der Waals surface area contributed by atoms with Gasteiger partial charge in [-0.1, -0.05) is 12.1 Å². The number of nitro benzene ring substituents is 1. The second-order valence-electron chi connectivity index (χ2n) is 7.26. The highest BCUT2D eigenvalue weighted by Gasteiger charge is 2.23. The molecule has 0 saturated carbocycles. The number of hydrogen-bond acceptors (Lipinski definition) is 6. The van der Waals surface area contributed by atoms with Crippen LogP contribution in [0, 0.1) is 17.0 Å². The second kappa shape index (κ2) is 9.62. The van der Waals surface area contributed by atoms with Crippen LogP contribution in [0.25, 0.3) is 11.3 Å². The first-order valence-electron chi connectivity index (χ1n) is 10.3. The second-order valence-corrected chi connectivity index (χ2v) is 8.09. The molecule has 0 bridgehead atoms. The van der Waals surface area contributed by atoms with Crippen molar-refractivity contribution < 1.29 is 14.5 Å². The van der Waals surface area contributed by atoms with Crippen molar-refractivity contribution in [3.05, 3.63) is 99.4 Å². The van der Waals surface area contributed by atoms with Crippen LogP contribution in [0.2, 0.25) is 0 Å². The van der Waals surface area contributed by atoms with Gasteiger partial charge in [-0.2, -0.15) is 0 Å². The van der Waals surface area contributed by atoms with Crippen molar-refractivity contribution in [1.82, 2.24) is 4.98 Å². The van der Waals surface area contributed by atoms with E-state index >= 15 is 0 Å². The Kier molecular flexibility index (Phi) is 6.46. The summed E-state index contributed by atoms with van der Waals surface area (Å²) >= 11 is 1.33. The zero-order valence-electron chi connectivity index (χ0n) is 18.1. The molecule has 33 heavy (non-hydrogen) atoms. The molecule has 7 nitrogen and oxygen atoms in total. The molecule has 0 N–H and O–H groups in total. The molecule has 0 unspecified atom stereocenters. The highest BCUT2D eigenvalue weighted by Crippen LogP contribution is 2.34. The van der Waals surface area contributed by atoms with E-state index in [1.165, 1.54) is 23.5 Å². The Morgan fingerprint density at radius 2 is 1.82 bits per heavy atom. The van der Waals surface area contributed by atoms with Crippen LogP contribution >= 0.6 is 11.3 Å². The van der Waals surface area contributed by atoms with Crippen LogP contribution in [0.15, 0.2) is 78.2 Å². The lowest BCUT2D eigenvalue weighted by atomic mass is 10.1. The zero-order chi connectivity index (χ0) is 23.4. The largest absolute Gasteiger partial charge is 0.494 e. The molecular formula is C25H21N3O4S. The number of non-ortho nitro benzene ring substituents is 1. The fraction of sp³-hybridized carbons (Fsp3) is 0.120. The van der Waals surface area contributed by atoms with Crippen LogP contribution in [0.3, 0.4) is 0 Å². The third kappa shape index (κ3) is 4.91. The lowest BCUT2D eigenvalue weighted by molar-refractivity contribution is -0.384. The molecule has 166 valence electrons. The Hall–Kier alpha value is -4.04. The SMILES string of the molecule is CCOc1ccc(C(=O)N(c2cccc(C)c2)c2nc(-c3ccc([N+](=O)[O-])cc3)cs2)cc1.